The molecule has 0 bridgehead atoms. The van der Waals surface area contributed by atoms with Crippen molar-refractivity contribution in [2.75, 3.05) is 6.54 Å². The van der Waals surface area contributed by atoms with Crippen molar-refractivity contribution in [3.63, 3.8) is 0 Å². The quantitative estimate of drug-likeness (QED) is 0.681. The predicted molar refractivity (Wildman–Crippen MR) is 52.4 cm³/mol. The van der Waals surface area contributed by atoms with Crippen molar-refractivity contribution in [3.8, 4) is 0 Å². The fourth-order valence-corrected chi connectivity index (χ4v) is 0.876. The Bertz CT molecular complexity index is 149. The Morgan fingerprint density at radius 3 is 2.33 bits per heavy atom. The van der Waals surface area contributed by atoms with E-state index in [1.807, 2.05) is 27.7 Å². The Morgan fingerprint density at radius 1 is 1.50 bits per heavy atom. The number of carbonyl (C=O) groups is 1. The molecule has 0 aliphatic heterocycles. The minimum absolute atomic E-state index is 0.00826. The molecule has 0 heterocycles. The van der Waals surface area contributed by atoms with Crippen LogP contribution in [-0.2, 0) is 4.79 Å². The van der Waals surface area contributed by atoms with Crippen molar-refractivity contribution in [1.82, 2.24) is 5.32 Å². The van der Waals surface area contributed by atoms with Gasteiger partial charge in [-0.05, 0) is 12.3 Å². The first-order chi connectivity index (χ1) is 5.31. The summed E-state index contributed by atoms with van der Waals surface area (Å²) in [6.45, 7) is 8.53. The summed E-state index contributed by atoms with van der Waals surface area (Å²) in [5.74, 6) is 0.0787. The number of hydrogen-bond acceptors (Lipinski definition) is 1. The molecule has 0 saturated heterocycles. The molecular formula is C9H18ClNO. The normalized spacial score (nSPS) is 14.1. The second-order valence-corrected chi connectivity index (χ2v) is 5.07. The zero-order valence-electron chi connectivity index (χ0n) is 8.28. The van der Waals surface area contributed by atoms with Crippen LogP contribution in [0.25, 0.3) is 0 Å². The molecule has 12 heavy (non-hydrogen) atoms. The summed E-state index contributed by atoms with van der Waals surface area (Å²) >= 11 is 5.68. The van der Waals surface area contributed by atoms with Crippen LogP contribution in [0.2, 0.25) is 0 Å². The molecule has 0 rings (SSSR count). The third-order valence-corrected chi connectivity index (χ3v) is 1.43. The molecule has 0 radical (unpaired) electrons. The van der Waals surface area contributed by atoms with Crippen LogP contribution in [0.5, 0.6) is 0 Å². The van der Waals surface area contributed by atoms with Crippen LogP contribution in [0.15, 0.2) is 0 Å². The van der Waals surface area contributed by atoms with Crippen LogP contribution in [0.3, 0.4) is 0 Å². The first kappa shape index (κ1) is 11.8. The molecular weight excluding hydrogens is 174 g/mol. The Labute approximate surface area is 79.7 Å². The molecule has 0 aliphatic rings. The van der Waals surface area contributed by atoms with Crippen molar-refractivity contribution in [2.24, 2.45) is 5.41 Å². The molecule has 0 fully saturated rings. The summed E-state index contributed by atoms with van der Waals surface area (Å²) < 4.78 is 0. The van der Waals surface area contributed by atoms with E-state index in [1.54, 1.807) is 0 Å². The summed E-state index contributed by atoms with van der Waals surface area (Å²) in [6, 6.07) is 0. The summed E-state index contributed by atoms with van der Waals surface area (Å²) in [4.78, 5) is 11.2. The topological polar surface area (TPSA) is 29.1 Å². The monoisotopic (exact) mass is 191 g/mol. The molecule has 0 aliphatic carbocycles. The molecule has 3 heteroatoms. The van der Waals surface area contributed by atoms with E-state index in [0.29, 0.717) is 13.0 Å². The largest absolute Gasteiger partial charge is 0.355 e. The third kappa shape index (κ3) is 7.86. The molecule has 1 unspecified atom stereocenters. The van der Waals surface area contributed by atoms with Gasteiger partial charge in [0.15, 0.2) is 0 Å². The average molecular weight is 192 g/mol. The highest BCUT2D eigenvalue weighted by atomic mass is 35.5. The van der Waals surface area contributed by atoms with Gasteiger partial charge < -0.3 is 5.32 Å². The first-order valence-corrected chi connectivity index (χ1v) is 4.66. The third-order valence-electron chi connectivity index (χ3n) is 1.27. The maximum atomic E-state index is 11.2. The zero-order valence-corrected chi connectivity index (χ0v) is 9.03. The van der Waals surface area contributed by atoms with Gasteiger partial charge in [0.2, 0.25) is 5.91 Å². The standard InChI is InChI=1S/C9H18ClNO/c1-7(10)6-11-8(12)5-9(2,3)4/h7H,5-6H2,1-4H3,(H,11,12). The van der Waals surface area contributed by atoms with Crippen LogP contribution in [0, 0.1) is 5.41 Å². The van der Waals surface area contributed by atoms with Gasteiger partial charge in [-0.1, -0.05) is 20.8 Å². The number of alkyl halides is 1. The average Bonchev–Trinajstić information content (AvgIpc) is 1.79. The van der Waals surface area contributed by atoms with E-state index < -0.39 is 0 Å². The zero-order chi connectivity index (χ0) is 9.78. The highest BCUT2D eigenvalue weighted by Crippen LogP contribution is 2.17. The van der Waals surface area contributed by atoms with Gasteiger partial charge in [-0.25, -0.2) is 0 Å². The Hall–Kier alpha value is -0.240. The number of nitrogens with one attached hydrogen (secondary N) is 1. The SMILES string of the molecule is CC(Cl)CNC(=O)CC(C)(C)C. The number of halogens is 1. The van der Waals surface area contributed by atoms with Crippen LogP contribution >= 0.6 is 11.6 Å². The summed E-state index contributed by atoms with van der Waals surface area (Å²) in [7, 11) is 0. The molecule has 0 aromatic rings. The molecule has 0 aromatic carbocycles. The second-order valence-electron chi connectivity index (χ2n) is 4.32. The highest BCUT2D eigenvalue weighted by Gasteiger charge is 2.15. The van der Waals surface area contributed by atoms with Crippen molar-refractivity contribution in [1.29, 1.82) is 0 Å². The van der Waals surface area contributed by atoms with Crippen molar-refractivity contribution < 1.29 is 4.79 Å². The van der Waals surface area contributed by atoms with E-state index in [1.165, 1.54) is 0 Å². The van der Waals surface area contributed by atoms with Gasteiger partial charge in [0.25, 0.3) is 0 Å². The van der Waals surface area contributed by atoms with Gasteiger partial charge >= 0.3 is 0 Å². The predicted octanol–water partition coefficient (Wildman–Crippen LogP) is 2.17. The number of amides is 1. The second kappa shape index (κ2) is 4.70. The molecule has 2 nitrogen and oxygen atoms in total. The van der Waals surface area contributed by atoms with E-state index in [-0.39, 0.29) is 16.7 Å². The maximum Gasteiger partial charge on any atom is 0.220 e. The Morgan fingerprint density at radius 2 is 2.00 bits per heavy atom. The van der Waals surface area contributed by atoms with Gasteiger partial charge in [0, 0.05) is 18.3 Å². The fraction of sp³-hybridized carbons (Fsp3) is 0.889. The lowest BCUT2D eigenvalue weighted by Crippen LogP contribution is -2.31. The molecule has 1 amide bonds. The molecule has 0 spiro atoms. The van der Waals surface area contributed by atoms with Crippen molar-refractivity contribution >= 4 is 17.5 Å². The minimum Gasteiger partial charge on any atom is -0.355 e. The van der Waals surface area contributed by atoms with Gasteiger partial charge in [-0.15, -0.1) is 11.6 Å². The van der Waals surface area contributed by atoms with E-state index in [4.69, 9.17) is 11.6 Å². The van der Waals surface area contributed by atoms with E-state index >= 15 is 0 Å². The molecule has 72 valence electrons. The lowest BCUT2D eigenvalue weighted by Gasteiger charge is -2.17. The first-order valence-electron chi connectivity index (χ1n) is 4.22. The molecule has 1 atom stereocenters. The van der Waals surface area contributed by atoms with Gasteiger partial charge in [0.05, 0.1) is 0 Å². The van der Waals surface area contributed by atoms with Crippen LogP contribution in [0.4, 0.5) is 0 Å². The number of hydrogen-bond donors (Lipinski definition) is 1. The molecule has 0 aromatic heterocycles. The smallest absolute Gasteiger partial charge is 0.220 e. The minimum atomic E-state index is 0.00826. The lowest BCUT2D eigenvalue weighted by atomic mass is 9.92. The maximum absolute atomic E-state index is 11.2. The number of rotatable bonds is 3. The summed E-state index contributed by atoms with van der Waals surface area (Å²) in [5, 5.41) is 2.78. The summed E-state index contributed by atoms with van der Waals surface area (Å²) in [5.41, 5.74) is 0.0552. The van der Waals surface area contributed by atoms with E-state index in [0.717, 1.165) is 0 Å². The Balaban J connectivity index is 3.61. The van der Waals surface area contributed by atoms with Gasteiger partial charge in [-0.3, -0.25) is 4.79 Å². The van der Waals surface area contributed by atoms with Crippen LogP contribution in [-0.4, -0.2) is 17.8 Å². The molecule has 1 N–H and O–H groups in total. The van der Waals surface area contributed by atoms with Gasteiger partial charge in [0.1, 0.15) is 0 Å². The lowest BCUT2D eigenvalue weighted by molar-refractivity contribution is -0.122. The molecule has 0 saturated carbocycles. The van der Waals surface area contributed by atoms with Crippen LogP contribution < -0.4 is 5.32 Å². The fourth-order valence-electron chi connectivity index (χ4n) is 0.799. The number of carbonyl (C=O) groups excluding carboxylic acids is 1. The van der Waals surface area contributed by atoms with Crippen molar-refractivity contribution in [3.05, 3.63) is 0 Å². The van der Waals surface area contributed by atoms with E-state index in [2.05, 4.69) is 5.32 Å². The van der Waals surface area contributed by atoms with E-state index in [9.17, 15) is 4.79 Å². The highest BCUT2D eigenvalue weighted by molar-refractivity contribution is 6.20. The summed E-state index contributed by atoms with van der Waals surface area (Å²) in [6.07, 6.45) is 0.552. The van der Waals surface area contributed by atoms with Crippen LogP contribution in [0.1, 0.15) is 34.1 Å². The van der Waals surface area contributed by atoms with Gasteiger partial charge in [-0.2, -0.15) is 0 Å². The van der Waals surface area contributed by atoms with Crippen molar-refractivity contribution in [2.45, 2.75) is 39.5 Å². The Kier molecular flexibility index (Phi) is 4.61.